The molecular weight excluding hydrogens is 350 g/mol. The highest BCUT2D eigenvalue weighted by atomic mass is 16.5. The Morgan fingerprint density at radius 1 is 1.07 bits per heavy atom. The van der Waals surface area contributed by atoms with E-state index in [1.54, 1.807) is 7.11 Å². The van der Waals surface area contributed by atoms with E-state index in [4.69, 9.17) is 4.74 Å². The summed E-state index contributed by atoms with van der Waals surface area (Å²) in [6.07, 6.45) is 2.34. The van der Waals surface area contributed by atoms with Crippen LogP contribution in [0.4, 0.5) is 5.69 Å². The van der Waals surface area contributed by atoms with Crippen molar-refractivity contribution in [3.63, 3.8) is 0 Å². The number of nitrogens with one attached hydrogen (secondary N) is 1. The second kappa shape index (κ2) is 8.65. The van der Waals surface area contributed by atoms with Crippen molar-refractivity contribution < 1.29 is 9.53 Å². The largest absolute Gasteiger partial charge is 0.497 e. The number of nitrogens with zero attached hydrogens (tertiary/aromatic N) is 2. The molecule has 0 saturated carbocycles. The number of benzene rings is 2. The molecule has 2 aromatic carbocycles. The van der Waals surface area contributed by atoms with Crippen LogP contribution in [0.2, 0.25) is 0 Å². The van der Waals surface area contributed by atoms with Crippen LogP contribution < -0.4 is 10.1 Å². The highest BCUT2D eigenvalue weighted by molar-refractivity contribution is 5.98. The smallest absolute Gasteiger partial charge is 0.254 e. The predicted octanol–water partition coefficient (Wildman–Crippen LogP) is 3.48. The van der Waals surface area contributed by atoms with Crippen LogP contribution in [-0.4, -0.2) is 55.5 Å². The lowest BCUT2D eigenvalue weighted by molar-refractivity contribution is 0.0715. The van der Waals surface area contributed by atoms with Crippen molar-refractivity contribution in [3.05, 3.63) is 59.7 Å². The molecule has 0 radical (unpaired) electrons. The molecular formula is C23H29N3O2. The lowest BCUT2D eigenvalue weighted by Crippen LogP contribution is -2.40. The van der Waals surface area contributed by atoms with E-state index >= 15 is 0 Å². The van der Waals surface area contributed by atoms with Gasteiger partial charge in [-0.1, -0.05) is 18.2 Å². The number of fused-ring (bicyclic) bond motifs is 1. The SMILES string of the molecule is COc1ccc(NCCN2CCC(CN3Cc4ccccc4C3=O)CC2)cc1. The van der Waals surface area contributed by atoms with E-state index < -0.39 is 0 Å². The molecule has 1 N–H and O–H groups in total. The summed E-state index contributed by atoms with van der Waals surface area (Å²) >= 11 is 0. The normalized spacial score (nSPS) is 17.6. The van der Waals surface area contributed by atoms with E-state index in [9.17, 15) is 4.79 Å². The summed E-state index contributed by atoms with van der Waals surface area (Å²) in [6, 6.07) is 16.1. The van der Waals surface area contributed by atoms with Gasteiger partial charge in [-0.3, -0.25) is 4.79 Å². The lowest BCUT2D eigenvalue weighted by Gasteiger charge is -2.33. The second-order valence-corrected chi connectivity index (χ2v) is 7.78. The van der Waals surface area contributed by atoms with E-state index in [1.807, 2.05) is 35.2 Å². The Balaban J connectivity index is 1.17. The van der Waals surface area contributed by atoms with Gasteiger partial charge in [0.1, 0.15) is 5.75 Å². The van der Waals surface area contributed by atoms with Crippen molar-refractivity contribution in [2.24, 2.45) is 5.92 Å². The van der Waals surface area contributed by atoms with Crippen molar-refractivity contribution in [2.45, 2.75) is 19.4 Å². The molecule has 0 spiro atoms. The molecule has 2 heterocycles. The van der Waals surface area contributed by atoms with E-state index in [2.05, 4.69) is 28.4 Å². The fraction of sp³-hybridized carbons (Fsp3) is 0.435. The summed E-state index contributed by atoms with van der Waals surface area (Å²) in [5, 5.41) is 3.48. The van der Waals surface area contributed by atoms with Crippen molar-refractivity contribution in [2.75, 3.05) is 45.2 Å². The molecule has 0 unspecified atom stereocenters. The topological polar surface area (TPSA) is 44.8 Å². The Morgan fingerprint density at radius 2 is 1.82 bits per heavy atom. The summed E-state index contributed by atoms with van der Waals surface area (Å²) in [6.45, 7) is 5.89. The minimum absolute atomic E-state index is 0.210. The van der Waals surface area contributed by atoms with Gasteiger partial charge in [0.15, 0.2) is 0 Å². The Kier molecular flexibility index (Phi) is 5.81. The summed E-state index contributed by atoms with van der Waals surface area (Å²) in [5.41, 5.74) is 3.20. The maximum absolute atomic E-state index is 12.6. The van der Waals surface area contributed by atoms with Crippen molar-refractivity contribution in [1.82, 2.24) is 9.80 Å². The molecule has 1 saturated heterocycles. The van der Waals surface area contributed by atoms with Gasteiger partial charge in [0.2, 0.25) is 0 Å². The Morgan fingerprint density at radius 3 is 2.54 bits per heavy atom. The number of hydrogen-bond acceptors (Lipinski definition) is 4. The fourth-order valence-corrected chi connectivity index (χ4v) is 4.23. The number of likely N-dealkylation sites (tertiary alicyclic amines) is 1. The van der Waals surface area contributed by atoms with Gasteiger partial charge in [0.25, 0.3) is 5.91 Å². The van der Waals surface area contributed by atoms with Crippen LogP contribution in [0.15, 0.2) is 48.5 Å². The molecule has 1 fully saturated rings. The minimum Gasteiger partial charge on any atom is -0.497 e. The van der Waals surface area contributed by atoms with Gasteiger partial charge < -0.3 is 19.9 Å². The molecule has 1 amide bonds. The molecule has 5 nitrogen and oxygen atoms in total. The first-order chi connectivity index (χ1) is 13.7. The third-order valence-corrected chi connectivity index (χ3v) is 5.93. The van der Waals surface area contributed by atoms with Gasteiger partial charge in [-0.2, -0.15) is 0 Å². The lowest BCUT2D eigenvalue weighted by atomic mass is 9.96. The average molecular weight is 380 g/mol. The standard InChI is InChI=1S/C23H29N3O2/c1-28-21-8-6-20(7-9-21)24-12-15-25-13-10-18(11-14-25)16-26-17-19-4-2-3-5-22(19)23(26)27/h2-9,18,24H,10-17H2,1H3. The van der Waals surface area contributed by atoms with Crippen LogP contribution >= 0.6 is 0 Å². The molecule has 2 aliphatic heterocycles. The number of anilines is 1. The summed E-state index contributed by atoms with van der Waals surface area (Å²) in [5.74, 6) is 1.71. The summed E-state index contributed by atoms with van der Waals surface area (Å²) in [7, 11) is 1.69. The highest BCUT2D eigenvalue weighted by Crippen LogP contribution is 2.26. The van der Waals surface area contributed by atoms with Gasteiger partial charge in [-0.05, 0) is 67.7 Å². The van der Waals surface area contributed by atoms with Crippen LogP contribution in [0, 0.1) is 5.92 Å². The third-order valence-electron chi connectivity index (χ3n) is 5.93. The van der Waals surface area contributed by atoms with Gasteiger partial charge in [0.05, 0.1) is 7.11 Å². The Labute approximate surface area is 167 Å². The number of piperidine rings is 1. The fourth-order valence-electron chi connectivity index (χ4n) is 4.23. The van der Waals surface area contributed by atoms with E-state index in [0.717, 1.165) is 56.3 Å². The second-order valence-electron chi connectivity index (χ2n) is 7.78. The number of rotatable bonds is 7. The highest BCUT2D eigenvalue weighted by Gasteiger charge is 2.29. The molecule has 148 valence electrons. The number of ether oxygens (including phenoxy) is 1. The molecule has 5 heteroatoms. The maximum atomic E-state index is 12.6. The third kappa shape index (κ3) is 4.30. The van der Waals surface area contributed by atoms with Crippen LogP contribution in [0.25, 0.3) is 0 Å². The molecule has 0 aromatic heterocycles. The molecule has 0 bridgehead atoms. The zero-order valence-electron chi connectivity index (χ0n) is 16.6. The van der Waals surface area contributed by atoms with Crippen LogP contribution in [0.5, 0.6) is 5.75 Å². The number of methoxy groups -OCH3 is 1. The first-order valence-corrected chi connectivity index (χ1v) is 10.2. The Bertz CT molecular complexity index is 798. The van der Waals surface area contributed by atoms with Crippen LogP contribution in [-0.2, 0) is 6.54 Å². The first kappa shape index (κ1) is 18.8. The zero-order chi connectivity index (χ0) is 19.3. The molecule has 2 aliphatic rings. The van der Waals surface area contributed by atoms with Crippen molar-refractivity contribution >= 4 is 11.6 Å². The number of amides is 1. The summed E-state index contributed by atoms with van der Waals surface area (Å²) in [4.78, 5) is 17.1. The van der Waals surface area contributed by atoms with Crippen molar-refractivity contribution in [3.8, 4) is 5.75 Å². The Hall–Kier alpha value is -2.53. The number of carbonyl (C=O) groups is 1. The van der Waals surface area contributed by atoms with E-state index in [-0.39, 0.29) is 5.91 Å². The van der Waals surface area contributed by atoms with Crippen LogP contribution in [0.3, 0.4) is 0 Å². The van der Waals surface area contributed by atoms with E-state index in [0.29, 0.717) is 5.92 Å². The van der Waals surface area contributed by atoms with Gasteiger partial charge in [-0.25, -0.2) is 0 Å². The molecule has 28 heavy (non-hydrogen) atoms. The zero-order valence-corrected chi connectivity index (χ0v) is 16.6. The predicted molar refractivity (Wildman–Crippen MR) is 112 cm³/mol. The first-order valence-electron chi connectivity index (χ1n) is 10.2. The maximum Gasteiger partial charge on any atom is 0.254 e. The minimum atomic E-state index is 0.210. The molecule has 0 aliphatic carbocycles. The molecule has 2 aromatic rings. The molecule has 0 atom stereocenters. The quantitative estimate of drug-likeness (QED) is 0.800. The summed E-state index contributed by atoms with van der Waals surface area (Å²) < 4.78 is 5.19. The number of carbonyl (C=O) groups excluding carboxylic acids is 1. The van der Waals surface area contributed by atoms with Gasteiger partial charge in [-0.15, -0.1) is 0 Å². The van der Waals surface area contributed by atoms with Gasteiger partial charge >= 0.3 is 0 Å². The van der Waals surface area contributed by atoms with E-state index in [1.165, 1.54) is 18.4 Å². The monoisotopic (exact) mass is 379 g/mol. The van der Waals surface area contributed by atoms with Crippen LogP contribution in [0.1, 0.15) is 28.8 Å². The van der Waals surface area contributed by atoms with Crippen molar-refractivity contribution in [1.29, 1.82) is 0 Å². The molecule has 4 rings (SSSR count). The average Bonchev–Trinajstić information content (AvgIpc) is 3.05. The number of hydrogen-bond donors (Lipinski definition) is 1. The van der Waals surface area contributed by atoms with Gasteiger partial charge in [0, 0.05) is 37.4 Å².